The number of fused-ring (bicyclic) bond motifs is 1. The summed E-state index contributed by atoms with van der Waals surface area (Å²) in [5.74, 6) is 0.200. The maximum absolute atomic E-state index is 12.9. The molecule has 3 rings (SSSR count). The fraction of sp³-hybridized carbons (Fsp3) is 0.435. The molecule has 160 valence electrons. The SMILES string of the molecule is CCCCn1c(SCC(=O)NC(C)CCc2ccccc2)nc2cc(C)[nH]c2c1=O. The average Bonchev–Trinajstić information content (AvgIpc) is 3.11. The van der Waals surface area contributed by atoms with Gasteiger partial charge < -0.3 is 10.3 Å². The smallest absolute Gasteiger partial charge is 0.278 e. The molecule has 2 N–H and O–H groups in total. The highest BCUT2D eigenvalue weighted by Crippen LogP contribution is 2.19. The van der Waals surface area contributed by atoms with Crippen LogP contribution in [0.15, 0.2) is 46.3 Å². The van der Waals surface area contributed by atoms with E-state index in [2.05, 4.69) is 34.3 Å². The van der Waals surface area contributed by atoms with E-state index >= 15 is 0 Å². The van der Waals surface area contributed by atoms with Crippen LogP contribution in [0.3, 0.4) is 0 Å². The molecular weight excluding hydrogens is 396 g/mol. The average molecular weight is 427 g/mol. The van der Waals surface area contributed by atoms with Gasteiger partial charge in [-0.2, -0.15) is 0 Å². The number of nitrogens with one attached hydrogen (secondary N) is 2. The molecule has 30 heavy (non-hydrogen) atoms. The molecule has 0 fully saturated rings. The van der Waals surface area contributed by atoms with Gasteiger partial charge in [0.25, 0.3) is 5.56 Å². The van der Waals surface area contributed by atoms with Gasteiger partial charge in [-0.05, 0) is 44.7 Å². The molecule has 1 amide bonds. The topological polar surface area (TPSA) is 79.8 Å². The lowest BCUT2D eigenvalue weighted by molar-refractivity contribution is -0.119. The number of benzene rings is 1. The lowest BCUT2D eigenvalue weighted by atomic mass is 10.1. The van der Waals surface area contributed by atoms with Gasteiger partial charge >= 0.3 is 0 Å². The van der Waals surface area contributed by atoms with E-state index in [0.717, 1.165) is 31.4 Å². The summed E-state index contributed by atoms with van der Waals surface area (Å²) < 4.78 is 1.69. The number of hydrogen-bond acceptors (Lipinski definition) is 4. The molecule has 1 unspecified atom stereocenters. The van der Waals surface area contributed by atoms with Crippen molar-refractivity contribution in [3.05, 3.63) is 58.0 Å². The number of aromatic amines is 1. The largest absolute Gasteiger partial charge is 0.353 e. The second-order valence-corrected chi connectivity index (χ2v) is 8.64. The molecule has 0 radical (unpaired) electrons. The number of aryl methyl sites for hydroxylation is 2. The number of carbonyl (C=O) groups excluding carboxylic acids is 1. The molecule has 0 spiro atoms. The lowest BCUT2D eigenvalue weighted by Gasteiger charge is -2.15. The number of thioether (sulfide) groups is 1. The van der Waals surface area contributed by atoms with Crippen molar-refractivity contribution in [3.8, 4) is 0 Å². The number of hydrogen-bond donors (Lipinski definition) is 2. The third-order valence-electron chi connectivity index (χ3n) is 5.02. The minimum Gasteiger partial charge on any atom is -0.353 e. The summed E-state index contributed by atoms with van der Waals surface area (Å²) in [6.45, 7) is 6.63. The molecule has 0 bridgehead atoms. The Hall–Kier alpha value is -2.54. The molecule has 7 heteroatoms. The van der Waals surface area contributed by atoms with E-state index in [1.165, 1.54) is 17.3 Å². The van der Waals surface area contributed by atoms with Gasteiger partial charge in [-0.1, -0.05) is 55.4 Å². The zero-order valence-electron chi connectivity index (χ0n) is 17.9. The van der Waals surface area contributed by atoms with Gasteiger partial charge in [0, 0.05) is 18.3 Å². The first-order valence-electron chi connectivity index (χ1n) is 10.5. The van der Waals surface area contributed by atoms with Gasteiger partial charge in [-0.3, -0.25) is 14.2 Å². The fourth-order valence-corrected chi connectivity index (χ4v) is 4.22. The van der Waals surface area contributed by atoms with Crippen LogP contribution in [0.5, 0.6) is 0 Å². The summed E-state index contributed by atoms with van der Waals surface area (Å²) in [5, 5.41) is 3.66. The van der Waals surface area contributed by atoms with Crippen LogP contribution < -0.4 is 10.9 Å². The van der Waals surface area contributed by atoms with E-state index in [4.69, 9.17) is 0 Å². The number of carbonyl (C=O) groups is 1. The first-order chi connectivity index (χ1) is 14.5. The normalized spacial score (nSPS) is 12.2. The predicted molar refractivity (Wildman–Crippen MR) is 123 cm³/mol. The molecule has 0 saturated carbocycles. The van der Waals surface area contributed by atoms with Crippen LogP contribution in [0.2, 0.25) is 0 Å². The number of aromatic nitrogens is 3. The highest BCUT2D eigenvalue weighted by molar-refractivity contribution is 7.99. The quantitative estimate of drug-likeness (QED) is 0.378. The minimum absolute atomic E-state index is 0.0396. The van der Waals surface area contributed by atoms with E-state index in [9.17, 15) is 9.59 Å². The molecule has 2 aromatic heterocycles. The first kappa shape index (κ1) is 22.2. The van der Waals surface area contributed by atoms with Crippen LogP contribution in [-0.2, 0) is 17.8 Å². The van der Waals surface area contributed by atoms with Crippen molar-refractivity contribution in [2.75, 3.05) is 5.75 Å². The number of unbranched alkanes of at least 4 members (excludes halogenated alkanes) is 1. The highest BCUT2D eigenvalue weighted by atomic mass is 32.2. The third-order valence-corrected chi connectivity index (χ3v) is 6.00. The molecule has 2 heterocycles. The number of rotatable bonds is 10. The molecule has 1 atom stereocenters. The first-order valence-corrected chi connectivity index (χ1v) is 11.5. The monoisotopic (exact) mass is 426 g/mol. The maximum atomic E-state index is 12.9. The van der Waals surface area contributed by atoms with E-state index < -0.39 is 0 Å². The van der Waals surface area contributed by atoms with Crippen molar-refractivity contribution < 1.29 is 4.79 Å². The van der Waals surface area contributed by atoms with Crippen molar-refractivity contribution in [3.63, 3.8) is 0 Å². The van der Waals surface area contributed by atoms with Crippen LogP contribution in [-0.4, -0.2) is 32.2 Å². The third kappa shape index (κ3) is 5.75. The van der Waals surface area contributed by atoms with Gasteiger partial charge in [0.05, 0.1) is 11.3 Å². The Morgan fingerprint density at radius 2 is 2.07 bits per heavy atom. The fourth-order valence-electron chi connectivity index (χ4n) is 3.38. The van der Waals surface area contributed by atoms with Gasteiger partial charge in [0.15, 0.2) is 5.16 Å². The highest BCUT2D eigenvalue weighted by Gasteiger charge is 2.15. The number of H-pyrrole nitrogens is 1. The molecule has 6 nitrogen and oxygen atoms in total. The van der Waals surface area contributed by atoms with Gasteiger partial charge in [-0.15, -0.1) is 0 Å². The van der Waals surface area contributed by atoms with E-state index in [1.807, 2.05) is 38.1 Å². The molecule has 3 aromatic rings. The Balaban J connectivity index is 1.62. The lowest BCUT2D eigenvalue weighted by Crippen LogP contribution is -2.34. The number of nitrogens with zero attached hydrogens (tertiary/aromatic N) is 2. The molecule has 0 saturated heterocycles. The Morgan fingerprint density at radius 3 is 2.80 bits per heavy atom. The van der Waals surface area contributed by atoms with Crippen molar-refractivity contribution in [1.29, 1.82) is 0 Å². The Kier molecular flexibility index (Phi) is 7.74. The van der Waals surface area contributed by atoms with Crippen LogP contribution in [0.1, 0.15) is 44.4 Å². The maximum Gasteiger partial charge on any atom is 0.278 e. The summed E-state index contributed by atoms with van der Waals surface area (Å²) in [4.78, 5) is 33.1. The summed E-state index contributed by atoms with van der Waals surface area (Å²) in [6.07, 6.45) is 3.69. The zero-order chi connectivity index (χ0) is 21.5. The van der Waals surface area contributed by atoms with E-state index in [-0.39, 0.29) is 23.3 Å². The Labute approximate surface area is 181 Å². The van der Waals surface area contributed by atoms with Gasteiger partial charge in [0.1, 0.15) is 5.52 Å². The van der Waals surface area contributed by atoms with Crippen LogP contribution >= 0.6 is 11.8 Å². The summed E-state index contributed by atoms with van der Waals surface area (Å²) >= 11 is 1.33. The predicted octanol–water partition coefficient (Wildman–Crippen LogP) is 4.06. The molecular formula is C23H30N4O2S. The zero-order valence-corrected chi connectivity index (χ0v) is 18.7. The molecule has 0 aliphatic rings. The van der Waals surface area contributed by atoms with Crippen molar-refractivity contribution in [2.45, 2.75) is 64.2 Å². The minimum atomic E-state index is -0.0688. The van der Waals surface area contributed by atoms with Crippen LogP contribution in [0.4, 0.5) is 0 Å². The summed E-state index contributed by atoms with van der Waals surface area (Å²) in [6, 6.07) is 12.2. The van der Waals surface area contributed by atoms with Gasteiger partial charge in [-0.25, -0.2) is 4.98 Å². The van der Waals surface area contributed by atoms with E-state index in [1.54, 1.807) is 4.57 Å². The standard InChI is InChI=1S/C23H30N4O2S/c1-4-5-13-27-22(29)21-19(14-17(3)25-21)26-23(27)30-15-20(28)24-16(2)11-12-18-9-7-6-8-10-18/h6-10,14,16,25H,4-5,11-13,15H2,1-3H3,(H,24,28). The Morgan fingerprint density at radius 1 is 1.30 bits per heavy atom. The van der Waals surface area contributed by atoms with Crippen molar-refractivity contribution in [2.24, 2.45) is 0 Å². The summed E-state index contributed by atoms with van der Waals surface area (Å²) in [5.41, 5.74) is 3.30. The van der Waals surface area contributed by atoms with Gasteiger partial charge in [0.2, 0.25) is 5.91 Å². The van der Waals surface area contributed by atoms with Crippen LogP contribution in [0, 0.1) is 6.92 Å². The second kappa shape index (κ2) is 10.5. The summed E-state index contributed by atoms with van der Waals surface area (Å²) in [7, 11) is 0. The molecule has 1 aromatic carbocycles. The van der Waals surface area contributed by atoms with Crippen molar-refractivity contribution >= 4 is 28.7 Å². The Bertz CT molecular complexity index is 1040. The van der Waals surface area contributed by atoms with Crippen molar-refractivity contribution in [1.82, 2.24) is 19.9 Å². The second-order valence-electron chi connectivity index (χ2n) is 7.70. The van der Waals surface area contributed by atoms with Crippen LogP contribution in [0.25, 0.3) is 11.0 Å². The molecule has 0 aliphatic heterocycles. The number of amides is 1. The molecule has 0 aliphatic carbocycles. The van der Waals surface area contributed by atoms with E-state index in [0.29, 0.717) is 22.7 Å².